The minimum Gasteiger partial charge on any atom is -0.481 e. The zero-order chi connectivity index (χ0) is 28.7. The zero-order valence-corrected chi connectivity index (χ0v) is 22.9. The molecule has 7 heteroatoms. The van der Waals surface area contributed by atoms with E-state index >= 15 is 0 Å². The molecule has 1 unspecified atom stereocenters. The Bertz CT molecular complexity index is 1350. The number of alkyl halides is 3. The van der Waals surface area contributed by atoms with Crippen LogP contribution in [0.2, 0.25) is 0 Å². The largest absolute Gasteiger partial charge is 0.481 e. The molecule has 0 aromatic heterocycles. The fourth-order valence-electron chi connectivity index (χ4n) is 6.41. The Kier molecular flexibility index (Phi) is 7.55. The third-order valence-electron chi connectivity index (χ3n) is 8.99. The number of hydrogen-bond acceptors (Lipinski definition) is 2. The molecule has 3 nitrogen and oxygen atoms in total. The Balaban J connectivity index is 1.69. The van der Waals surface area contributed by atoms with Crippen LogP contribution in [0.5, 0.6) is 0 Å². The smallest absolute Gasteiger partial charge is 0.416 e. The molecule has 3 aromatic carbocycles. The number of nitrogens with zero attached hydrogens (tertiary/aromatic N) is 1. The minimum atomic E-state index is -4.46. The molecular weight excluding hydrogens is 518 g/mol. The second kappa shape index (κ2) is 10.7. The Labute approximate surface area is 232 Å². The number of carbonyl (C=O) groups is 1. The molecule has 212 valence electrons. The number of halogens is 4. The molecule has 3 aromatic rings. The van der Waals surface area contributed by atoms with E-state index in [0.29, 0.717) is 29.5 Å². The standard InChI is InChI=1S/C33H35F4NO2/c1-31(2)17-19-38(20-18-31)29(23-7-12-26(34)13-8-23)27-14-11-25(32(30(39)40)15-3-4-16-32)21-28(27)22-5-9-24(10-6-22)33(35,36)37/h5-14,21,29H,3-4,15-20H2,1-2H3,(H,39,40). The van der Waals surface area contributed by atoms with Crippen molar-refractivity contribution in [1.29, 1.82) is 0 Å². The average Bonchev–Trinajstić information content (AvgIpc) is 3.42. The van der Waals surface area contributed by atoms with Gasteiger partial charge in [0.2, 0.25) is 0 Å². The van der Waals surface area contributed by atoms with Crippen molar-refractivity contribution in [2.75, 3.05) is 13.1 Å². The number of carboxylic acids is 1. The zero-order valence-electron chi connectivity index (χ0n) is 22.9. The molecular formula is C33H35F4NO2. The first-order valence-corrected chi connectivity index (χ1v) is 13.9. The van der Waals surface area contributed by atoms with Crippen LogP contribution in [-0.4, -0.2) is 29.1 Å². The molecule has 1 aliphatic carbocycles. The molecule has 1 N–H and O–H groups in total. The van der Waals surface area contributed by atoms with Gasteiger partial charge in [-0.1, -0.05) is 63.1 Å². The molecule has 1 saturated carbocycles. The normalized spacial score (nSPS) is 19.9. The van der Waals surface area contributed by atoms with Crippen LogP contribution in [0.3, 0.4) is 0 Å². The van der Waals surface area contributed by atoms with E-state index in [1.165, 1.54) is 24.3 Å². The van der Waals surface area contributed by atoms with Gasteiger partial charge in [-0.15, -0.1) is 0 Å². The first-order valence-electron chi connectivity index (χ1n) is 13.9. The van der Waals surface area contributed by atoms with E-state index in [9.17, 15) is 27.5 Å². The lowest BCUT2D eigenvalue weighted by molar-refractivity contribution is -0.143. The Morgan fingerprint density at radius 2 is 1.48 bits per heavy atom. The summed E-state index contributed by atoms with van der Waals surface area (Å²) < 4.78 is 54.1. The van der Waals surface area contributed by atoms with Gasteiger partial charge in [0.05, 0.1) is 17.0 Å². The topological polar surface area (TPSA) is 40.5 Å². The van der Waals surface area contributed by atoms with Crippen molar-refractivity contribution < 1.29 is 27.5 Å². The highest BCUT2D eigenvalue weighted by atomic mass is 19.4. The maximum atomic E-state index is 14.0. The third kappa shape index (κ3) is 5.53. The predicted octanol–water partition coefficient (Wildman–Crippen LogP) is 8.62. The van der Waals surface area contributed by atoms with Crippen molar-refractivity contribution in [1.82, 2.24) is 4.90 Å². The van der Waals surface area contributed by atoms with Crippen LogP contribution >= 0.6 is 0 Å². The van der Waals surface area contributed by atoms with Crippen molar-refractivity contribution in [3.05, 3.63) is 94.8 Å². The summed E-state index contributed by atoms with van der Waals surface area (Å²) in [5, 5.41) is 10.3. The van der Waals surface area contributed by atoms with E-state index in [0.717, 1.165) is 62.0 Å². The van der Waals surface area contributed by atoms with Crippen molar-refractivity contribution >= 4 is 5.97 Å². The lowest BCUT2D eigenvalue weighted by atomic mass is 9.76. The summed E-state index contributed by atoms with van der Waals surface area (Å²) in [7, 11) is 0. The second-order valence-corrected chi connectivity index (χ2v) is 12.1. The van der Waals surface area contributed by atoms with Crippen LogP contribution < -0.4 is 0 Å². The average molecular weight is 554 g/mol. The van der Waals surface area contributed by atoms with Crippen molar-refractivity contribution in [2.45, 2.75) is 70.0 Å². The number of rotatable bonds is 6. The van der Waals surface area contributed by atoms with Crippen molar-refractivity contribution in [3.63, 3.8) is 0 Å². The molecule has 0 amide bonds. The maximum Gasteiger partial charge on any atom is 0.416 e. The summed E-state index contributed by atoms with van der Waals surface area (Å²) in [6.07, 6.45) is 0.156. The third-order valence-corrected chi connectivity index (χ3v) is 8.99. The number of aliphatic carboxylic acids is 1. The SMILES string of the molecule is CC1(C)CCN(C(c2ccc(F)cc2)c2ccc(C3(C(=O)O)CCCC3)cc2-c2ccc(C(F)(F)F)cc2)CC1. The summed E-state index contributed by atoms with van der Waals surface area (Å²) in [5.41, 5.74) is 2.17. The second-order valence-electron chi connectivity index (χ2n) is 12.1. The van der Waals surface area contributed by atoms with Gasteiger partial charge in [0, 0.05) is 0 Å². The van der Waals surface area contributed by atoms with Crippen LogP contribution in [0.1, 0.15) is 80.7 Å². The van der Waals surface area contributed by atoms with Crippen LogP contribution in [-0.2, 0) is 16.4 Å². The van der Waals surface area contributed by atoms with Gasteiger partial charge in [0.1, 0.15) is 5.82 Å². The van der Waals surface area contributed by atoms with Crippen LogP contribution in [0, 0.1) is 11.2 Å². The molecule has 0 bridgehead atoms. The highest BCUT2D eigenvalue weighted by Crippen LogP contribution is 2.46. The lowest BCUT2D eigenvalue weighted by Crippen LogP contribution is -2.40. The highest BCUT2D eigenvalue weighted by Gasteiger charge is 2.43. The number of piperidine rings is 1. The van der Waals surface area contributed by atoms with E-state index in [1.54, 1.807) is 12.1 Å². The Morgan fingerprint density at radius 1 is 0.875 bits per heavy atom. The fourth-order valence-corrected chi connectivity index (χ4v) is 6.41. The number of hydrogen-bond donors (Lipinski definition) is 1. The van der Waals surface area contributed by atoms with Crippen LogP contribution in [0.25, 0.3) is 11.1 Å². The molecule has 1 heterocycles. The maximum absolute atomic E-state index is 14.0. The van der Waals surface area contributed by atoms with E-state index < -0.39 is 23.1 Å². The molecule has 1 aliphatic heterocycles. The van der Waals surface area contributed by atoms with Gasteiger partial charge in [0.15, 0.2) is 0 Å². The molecule has 1 atom stereocenters. The first kappa shape index (κ1) is 28.3. The highest BCUT2D eigenvalue weighted by molar-refractivity contribution is 5.83. The summed E-state index contributed by atoms with van der Waals surface area (Å²) >= 11 is 0. The van der Waals surface area contributed by atoms with Crippen molar-refractivity contribution in [2.24, 2.45) is 5.41 Å². The molecule has 0 spiro atoms. The predicted molar refractivity (Wildman–Crippen MR) is 147 cm³/mol. The van der Waals surface area contributed by atoms with E-state index in [2.05, 4.69) is 18.7 Å². The quantitative estimate of drug-likeness (QED) is 0.311. The Morgan fingerprint density at radius 3 is 2.02 bits per heavy atom. The molecule has 0 radical (unpaired) electrons. The monoisotopic (exact) mass is 553 g/mol. The van der Waals surface area contributed by atoms with Crippen LogP contribution in [0.4, 0.5) is 17.6 Å². The van der Waals surface area contributed by atoms with Gasteiger partial charge in [-0.05, 0) is 102 Å². The van der Waals surface area contributed by atoms with E-state index in [1.807, 2.05) is 18.2 Å². The van der Waals surface area contributed by atoms with Gasteiger partial charge in [-0.25, -0.2) is 4.39 Å². The van der Waals surface area contributed by atoms with Gasteiger partial charge in [0.25, 0.3) is 0 Å². The fraction of sp³-hybridized carbons (Fsp3) is 0.424. The van der Waals surface area contributed by atoms with Gasteiger partial charge >= 0.3 is 12.1 Å². The molecule has 5 rings (SSSR count). The van der Waals surface area contributed by atoms with E-state index in [4.69, 9.17) is 0 Å². The summed E-state index contributed by atoms with van der Waals surface area (Å²) in [6, 6.07) is 16.9. The number of benzene rings is 3. The summed E-state index contributed by atoms with van der Waals surface area (Å²) in [4.78, 5) is 14.9. The lowest BCUT2D eigenvalue weighted by Gasteiger charge is -2.42. The Hall–Kier alpha value is -3.19. The molecule has 1 saturated heterocycles. The van der Waals surface area contributed by atoms with Gasteiger partial charge in [-0.2, -0.15) is 13.2 Å². The van der Waals surface area contributed by atoms with Crippen LogP contribution in [0.15, 0.2) is 66.7 Å². The molecule has 2 aliphatic rings. The number of likely N-dealkylation sites (tertiary alicyclic amines) is 1. The summed E-state index contributed by atoms with van der Waals surface area (Å²) in [6.45, 7) is 6.10. The minimum absolute atomic E-state index is 0.195. The summed E-state index contributed by atoms with van der Waals surface area (Å²) in [5.74, 6) is -1.21. The first-order chi connectivity index (χ1) is 18.9. The molecule has 2 fully saturated rings. The number of carboxylic acid groups (broad SMARTS) is 1. The van der Waals surface area contributed by atoms with Gasteiger partial charge < -0.3 is 5.11 Å². The molecule has 40 heavy (non-hydrogen) atoms. The van der Waals surface area contributed by atoms with Gasteiger partial charge in [-0.3, -0.25) is 9.69 Å². The van der Waals surface area contributed by atoms with E-state index in [-0.39, 0.29) is 17.3 Å². The van der Waals surface area contributed by atoms with Crippen molar-refractivity contribution in [3.8, 4) is 11.1 Å².